The molecule has 0 fully saturated rings. The highest BCUT2D eigenvalue weighted by Crippen LogP contribution is 2.35. The number of benzene rings is 2. The Morgan fingerprint density at radius 2 is 2.12 bits per heavy atom. The number of halogens is 1. The van der Waals surface area contributed by atoms with Gasteiger partial charge in [-0.25, -0.2) is 4.39 Å². The number of carbonyl (C=O) groups excluding carboxylic acids is 1. The van der Waals surface area contributed by atoms with E-state index in [4.69, 9.17) is 9.26 Å². The van der Waals surface area contributed by atoms with E-state index in [-0.39, 0.29) is 12.3 Å². The Morgan fingerprint density at radius 3 is 2.96 bits per heavy atom. The van der Waals surface area contributed by atoms with Crippen molar-refractivity contribution in [1.29, 1.82) is 0 Å². The monoisotopic (exact) mass is 339 g/mol. The highest BCUT2D eigenvalue weighted by molar-refractivity contribution is 6.02. The fourth-order valence-corrected chi connectivity index (χ4v) is 2.96. The molecule has 0 unspecified atom stereocenters. The summed E-state index contributed by atoms with van der Waals surface area (Å²) in [6.07, 6.45) is 0.243. The number of hydrogen-bond acceptors (Lipinski definition) is 5. The van der Waals surface area contributed by atoms with Crippen LogP contribution in [0.15, 0.2) is 47.0 Å². The van der Waals surface area contributed by atoms with Crippen LogP contribution in [0.3, 0.4) is 0 Å². The maximum atomic E-state index is 13.3. The van der Waals surface area contributed by atoms with Crippen LogP contribution in [0.4, 0.5) is 10.1 Å². The van der Waals surface area contributed by atoms with Crippen LogP contribution in [0.5, 0.6) is 5.75 Å². The lowest BCUT2D eigenvalue weighted by molar-refractivity contribution is -0.117. The third kappa shape index (κ3) is 2.73. The Labute approximate surface area is 142 Å². The van der Waals surface area contributed by atoms with Crippen LogP contribution >= 0.6 is 0 Å². The molecule has 0 saturated carbocycles. The number of methoxy groups -OCH3 is 1. The molecule has 126 valence electrons. The quantitative estimate of drug-likeness (QED) is 0.790. The van der Waals surface area contributed by atoms with Crippen molar-refractivity contribution >= 4 is 11.6 Å². The first kappa shape index (κ1) is 15.3. The Hall–Kier alpha value is -3.22. The van der Waals surface area contributed by atoms with Crippen molar-refractivity contribution in [2.75, 3.05) is 12.4 Å². The number of para-hydroxylation sites is 1. The number of aromatic nitrogens is 2. The molecule has 3 aromatic rings. The molecule has 4 rings (SSSR count). The fraction of sp³-hybridized carbons (Fsp3) is 0.167. The molecule has 1 aliphatic rings. The van der Waals surface area contributed by atoms with Crippen molar-refractivity contribution < 1.29 is 18.4 Å². The van der Waals surface area contributed by atoms with Gasteiger partial charge >= 0.3 is 0 Å². The Balaban J connectivity index is 1.61. The van der Waals surface area contributed by atoms with Gasteiger partial charge in [0.05, 0.1) is 18.6 Å². The molecule has 1 aliphatic heterocycles. The maximum absolute atomic E-state index is 13.3. The second-order valence-electron chi connectivity index (χ2n) is 5.69. The number of ether oxygens (including phenoxy) is 1. The zero-order chi connectivity index (χ0) is 17.4. The number of anilines is 1. The first-order chi connectivity index (χ1) is 12.2. The van der Waals surface area contributed by atoms with E-state index in [0.717, 1.165) is 5.56 Å². The van der Waals surface area contributed by atoms with Crippen LogP contribution in [0.25, 0.3) is 11.4 Å². The van der Waals surface area contributed by atoms with Gasteiger partial charge in [-0.05, 0) is 29.8 Å². The Bertz CT molecular complexity index is 954. The van der Waals surface area contributed by atoms with Gasteiger partial charge in [0.1, 0.15) is 11.6 Å². The summed E-state index contributed by atoms with van der Waals surface area (Å²) < 4.78 is 23.9. The van der Waals surface area contributed by atoms with Gasteiger partial charge in [0.15, 0.2) is 0 Å². The van der Waals surface area contributed by atoms with E-state index in [9.17, 15) is 9.18 Å². The lowest BCUT2D eigenvalue weighted by Gasteiger charge is -2.05. The molecule has 0 radical (unpaired) electrons. The molecular weight excluding hydrogens is 325 g/mol. The SMILES string of the molecule is COc1ccccc1-c1noc(C[C@@H]2C(=O)Nc3cc(F)ccc32)n1. The summed E-state index contributed by atoms with van der Waals surface area (Å²) in [5.41, 5.74) is 1.92. The molecule has 2 heterocycles. The van der Waals surface area contributed by atoms with Gasteiger partial charge in [0, 0.05) is 12.1 Å². The molecule has 25 heavy (non-hydrogen) atoms. The van der Waals surface area contributed by atoms with Crippen molar-refractivity contribution in [3.8, 4) is 17.1 Å². The second kappa shape index (κ2) is 6.01. The lowest BCUT2D eigenvalue weighted by Crippen LogP contribution is -2.14. The molecule has 1 atom stereocenters. The zero-order valence-corrected chi connectivity index (χ0v) is 13.3. The van der Waals surface area contributed by atoms with E-state index >= 15 is 0 Å². The highest BCUT2D eigenvalue weighted by atomic mass is 19.1. The molecule has 0 spiro atoms. The second-order valence-corrected chi connectivity index (χ2v) is 5.69. The highest BCUT2D eigenvalue weighted by Gasteiger charge is 2.32. The lowest BCUT2D eigenvalue weighted by atomic mass is 9.97. The van der Waals surface area contributed by atoms with Gasteiger partial charge < -0.3 is 14.6 Å². The molecule has 7 heteroatoms. The van der Waals surface area contributed by atoms with Crippen LogP contribution in [-0.4, -0.2) is 23.2 Å². The summed E-state index contributed by atoms with van der Waals surface area (Å²) in [5, 5.41) is 6.65. The van der Waals surface area contributed by atoms with E-state index in [0.29, 0.717) is 28.7 Å². The first-order valence-electron chi connectivity index (χ1n) is 7.72. The van der Waals surface area contributed by atoms with Crippen LogP contribution in [0.1, 0.15) is 17.4 Å². The van der Waals surface area contributed by atoms with Gasteiger partial charge in [0.2, 0.25) is 17.6 Å². The summed E-state index contributed by atoms with van der Waals surface area (Å²) in [7, 11) is 1.57. The van der Waals surface area contributed by atoms with Gasteiger partial charge in [-0.1, -0.05) is 23.4 Å². The molecule has 0 saturated heterocycles. The number of hydrogen-bond donors (Lipinski definition) is 1. The van der Waals surface area contributed by atoms with E-state index in [1.165, 1.54) is 12.1 Å². The van der Waals surface area contributed by atoms with E-state index in [1.807, 2.05) is 18.2 Å². The van der Waals surface area contributed by atoms with Gasteiger partial charge in [-0.2, -0.15) is 4.98 Å². The Kier molecular flexibility index (Phi) is 3.68. The van der Waals surface area contributed by atoms with Crippen LogP contribution in [-0.2, 0) is 11.2 Å². The summed E-state index contributed by atoms with van der Waals surface area (Å²) in [6, 6.07) is 11.6. The predicted octanol–water partition coefficient (Wildman–Crippen LogP) is 3.16. The van der Waals surface area contributed by atoms with Crippen molar-refractivity contribution in [3.63, 3.8) is 0 Å². The zero-order valence-electron chi connectivity index (χ0n) is 13.3. The summed E-state index contributed by atoms with van der Waals surface area (Å²) in [5.74, 6) is 0.271. The normalized spacial score (nSPS) is 15.8. The molecular formula is C18H14FN3O3. The molecule has 0 bridgehead atoms. The summed E-state index contributed by atoms with van der Waals surface area (Å²) in [4.78, 5) is 16.5. The van der Waals surface area contributed by atoms with E-state index < -0.39 is 11.7 Å². The number of carbonyl (C=O) groups is 1. The van der Waals surface area contributed by atoms with Gasteiger partial charge in [0.25, 0.3) is 0 Å². The number of amides is 1. The Morgan fingerprint density at radius 1 is 1.28 bits per heavy atom. The average molecular weight is 339 g/mol. The smallest absolute Gasteiger partial charge is 0.232 e. The molecule has 1 aromatic heterocycles. The number of nitrogens with one attached hydrogen (secondary N) is 1. The summed E-state index contributed by atoms with van der Waals surface area (Å²) >= 11 is 0. The van der Waals surface area contributed by atoms with Crippen LogP contribution in [0.2, 0.25) is 0 Å². The third-order valence-electron chi connectivity index (χ3n) is 4.16. The predicted molar refractivity (Wildman–Crippen MR) is 87.8 cm³/mol. The van der Waals surface area contributed by atoms with Crippen molar-refractivity contribution in [3.05, 3.63) is 59.7 Å². The fourth-order valence-electron chi connectivity index (χ4n) is 2.96. The first-order valence-corrected chi connectivity index (χ1v) is 7.72. The molecule has 1 amide bonds. The van der Waals surface area contributed by atoms with E-state index in [1.54, 1.807) is 19.2 Å². The minimum absolute atomic E-state index is 0.211. The molecule has 0 aliphatic carbocycles. The molecule has 1 N–H and O–H groups in total. The van der Waals surface area contributed by atoms with Crippen LogP contribution < -0.4 is 10.1 Å². The number of fused-ring (bicyclic) bond motifs is 1. The topological polar surface area (TPSA) is 77.2 Å². The third-order valence-corrected chi connectivity index (χ3v) is 4.16. The molecule has 6 nitrogen and oxygen atoms in total. The van der Waals surface area contributed by atoms with Crippen LogP contribution in [0, 0.1) is 5.82 Å². The van der Waals surface area contributed by atoms with Crippen molar-refractivity contribution in [1.82, 2.24) is 10.1 Å². The largest absolute Gasteiger partial charge is 0.496 e. The van der Waals surface area contributed by atoms with Gasteiger partial charge in [-0.3, -0.25) is 4.79 Å². The summed E-state index contributed by atoms with van der Waals surface area (Å²) in [6.45, 7) is 0. The standard InChI is InChI=1S/C18H14FN3O3/c1-24-15-5-3-2-4-12(15)17-21-16(25-22-17)9-13-11-7-6-10(19)8-14(11)20-18(13)23/h2-8,13H,9H2,1H3,(H,20,23)/t13-/m0/s1. The number of nitrogens with zero attached hydrogens (tertiary/aromatic N) is 2. The van der Waals surface area contributed by atoms with Gasteiger partial charge in [-0.15, -0.1) is 0 Å². The van der Waals surface area contributed by atoms with E-state index in [2.05, 4.69) is 15.5 Å². The average Bonchev–Trinajstić information content (AvgIpc) is 3.20. The minimum Gasteiger partial charge on any atom is -0.496 e. The maximum Gasteiger partial charge on any atom is 0.232 e. The molecule has 2 aromatic carbocycles. The minimum atomic E-state index is -0.485. The van der Waals surface area contributed by atoms with Crippen molar-refractivity contribution in [2.24, 2.45) is 0 Å². The number of rotatable bonds is 4. The van der Waals surface area contributed by atoms with Crippen molar-refractivity contribution in [2.45, 2.75) is 12.3 Å².